The first kappa shape index (κ1) is 10.2. The fourth-order valence-electron chi connectivity index (χ4n) is 0.418. The molecule has 0 aliphatic carbocycles. The van der Waals surface area contributed by atoms with Crippen LogP contribution in [-0.2, 0) is 19.2 Å². The number of hydrogen-bond acceptors (Lipinski definition) is 4. The average Bonchev–Trinajstić information content (AvgIpc) is 2.12. The molecule has 0 aromatic heterocycles. The van der Waals surface area contributed by atoms with Gasteiger partial charge in [0.15, 0.2) is 0 Å². The molecule has 0 saturated heterocycles. The van der Waals surface area contributed by atoms with Crippen LogP contribution in [0.15, 0.2) is 12.6 Å². The first-order chi connectivity index (χ1) is 6.31. The second-order valence-corrected chi connectivity index (χ2v) is 4.36. The number of hydrogen-bond donors (Lipinski definition) is 1. The molecule has 1 N–H and O–H groups in total. The summed E-state index contributed by atoms with van der Waals surface area (Å²) < 4.78 is 33.3. The normalized spacial score (nSPS) is 14.5. The summed E-state index contributed by atoms with van der Waals surface area (Å²) in [6.45, 7) is 6.13. The third-order valence-electron chi connectivity index (χ3n) is 1.48. The molecule has 5 nitrogen and oxygen atoms in total. The molecule has 0 aromatic carbocycles. The molecule has 0 saturated carbocycles. The molecule has 1 amide bonds. The van der Waals surface area contributed by atoms with Crippen molar-refractivity contribution in [1.29, 1.82) is 0 Å². The van der Waals surface area contributed by atoms with Crippen molar-refractivity contribution in [2.24, 2.45) is 0 Å². The second-order valence-electron chi connectivity index (χ2n) is 2.40. The van der Waals surface area contributed by atoms with Gasteiger partial charge in [0.2, 0.25) is 0 Å². The molecule has 0 bridgehead atoms. The molecule has 0 aromatic rings. The summed E-state index contributed by atoms with van der Waals surface area (Å²) in [4.78, 5) is 10.7. The predicted octanol–water partition coefficient (Wildman–Crippen LogP) is 0.348. The lowest BCUT2D eigenvalue weighted by Crippen LogP contribution is -2.30. The lowest BCUT2D eigenvalue weighted by Gasteiger charge is -2.09. The minimum absolute atomic E-state index is 0.375. The molecule has 6 heteroatoms. The van der Waals surface area contributed by atoms with Crippen LogP contribution < -0.4 is 5.48 Å². The van der Waals surface area contributed by atoms with Crippen molar-refractivity contribution in [3.63, 3.8) is 0 Å². The molecule has 0 heterocycles. The third-order valence-corrected chi connectivity index (χ3v) is 3.11. The van der Waals surface area contributed by atoms with Gasteiger partial charge in [0.25, 0.3) is 16.0 Å². The number of nitrogens with one attached hydrogen (secondary N) is 1. The van der Waals surface area contributed by atoms with Crippen LogP contribution in [-0.4, -0.2) is 19.6 Å². The van der Waals surface area contributed by atoms with E-state index in [-0.39, 0.29) is 0 Å². The highest BCUT2D eigenvalue weighted by atomic mass is 32.2. The quantitative estimate of drug-likeness (QED) is 0.522. The molecule has 1 unspecified atom stereocenters. The third kappa shape index (κ3) is 4.05. The summed E-state index contributed by atoms with van der Waals surface area (Å²) in [5.41, 5.74) is 1.62. The van der Waals surface area contributed by atoms with Gasteiger partial charge in [-0.1, -0.05) is 13.5 Å². The molecule has 0 fully saturated rings. The van der Waals surface area contributed by atoms with Crippen molar-refractivity contribution in [2.45, 2.75) is 25.5 Å². The average molecular weight is 208 g/mol. The number of carbonyl (C=O) groups excluding carboxylic acids is 1. The first-order valence-corrected chi connectivity index (χ1v) is 5.16. The van der Waals surface area contributed by atoms with Crippen LogP contribution in [0.2, 0.25) is 0 Å². The van der Waals surface area contributed by atoms with Gasteiger partial charge in [-0.15, -0.1) is 4.28 Å². The van der Waals surface area contributed by atoms with E-state index in [1.165, 1.54) is 6.92 Å². The Hall–Kier alpha value is -0.880. The van der Waals surface area contributed by atoms with E-state index in [0.717, 1.165) is 0 Å². The lowest BCUT2D eigenvalue weighted by atomic mass is 10.4. The molecule has 0 aliphatic heterocycles. The highest BCUT2D eigenvalue weighted by molar-refractivity contribution is 7.87. The standard InChI is InChI=1S/C7H13NO4S/c1-4-6(3)13(10,11)12-8-7(9)5-2/h5-6H,2,4H2,1,3H3,(H,8,9)/i5D. The predicted molar refractivity (Wildman–Crippen MR) is 48.1 cm³/mol. The van der Waals surface area contributed by atoms with Crippen molar-refractivity contribution < 1.29 is 18.9 Å². The Morgan fingerprint density at radius 2 is 2.38 bits per heavy atom. The van der Waals surface area contributed by atoms with Gasteiger partial charge in [0.1, 0.15) is 0 Å². The SMILES string of the molecule is [2H]C(=C)C(=O)NOS(=O)(=O)C(C)CC. The van der Waals surface area contributed by atoms with Gasteiger partial charge >= 0.3 is 0 Å². The van der Waals surface area contributed by atoms with Crippen LogP contribution in [0.3, 0.4) is 0 Å². The van der Waals surface area contributed by atoms with Gasteiger partial charge in [-0.05, 0) is 19.4 Å². The Bertz CT molecular complexity index is 325. The zero-order chi connectivity index (χ0) is 11.4. The topological polar surface area (TPSA) is 72.5 Å². The summed E-state index contributed by atoms with van der Waals surface area (Å²) in [6.07, 6.45) is 0.375. The van der Waals surface area contributed by atoms with E-state index < -0.39 is 27.3 Å². The largest absolute Gasteiger partial charge is 0.290 e. The van der Waals surface area contributed by atoms with Crippen LogP contribution in [0.1, 0.15) is 21.6 Å². The Kier molecular flexibility index (Phi) is 3.91. The van der Waals surface area contributed by atoms with E-state index >= 15 is 0 Å². The summed E-state index contributed by atoms with van der Waals surface area (Å²) in [5.74, 6) is -0.975. The maximum Gasteiger partial charge on any atom is 0.290 e. The molecule has 13 heavy (non-hydrogen) atoms. The van der Waals surface area contributed by atoms with Crippen molar-refractivity contribution in [2.75, 3.05) is 0 Å². The fourth-order valence-corrected chi connectivity index (χ4v) is 1.18. The summed E-state index contributed by atoms with van der Waals surface area (Å²) in [5, 5.41) is -0.707. The Morgan fingerprint density at radius 3 is 2.77 bits per heavy atom. The minimum atomic E-state index is -3.80. The second kappa shape index (κ2) is 4.98. The monoisotopic (exact) mass is 208 g/mol. The Labute approximate surface area is 79.3 Å². The van der Waals surface area contributed by atoms with Crippen LogP contribution >= 0.6 is 0 Å². The fraction of sp³-hybridized carbons (Fsp3) is 0.571. The molecular formula is C7H13NO4S. The molecule has 76 valence electrons. The molecular weight excluding hydrogens is 194 g/mol. The highest BCUT2D eigenvalue weighted by Crippen LogP contribution is 2.05. The zero-order valence-corrected chi connectivity index (χ0v) is 8.35. The van der Waals surface area contributed by atoms with Crippen molar-refractivity contribution >= 4 is 16.0 Å². The van der Waals surface area contributed by atoms with E-state index in [9.17, 15) is 13.2 Å². The molecule has 0 aliphatic rings. The number of carbonyl (C=O) groups is 1. The van der Waals surface area contributed by atoms with E-state index in [0.29, 0.717) is 6.42 Å². The smallest absolute Gasteiger partial charge is 0.268 e. The molecule has 0 spiro atoms. The maximum atomic E-state index is 11.2. The van der Waals surface area contributed by atoms with Crippen LogP contribution in [0.25, 0.3) is 0 Å². The van der Waals surface area contributed by atoms with Crippen LogP contribution in [0.4, 0.5) is 0 Å². The van der Waals surface area contributed by atoms with Crippen molar-refractivity contribution in [3.8, 4) is 0 Å². The summed E-state index contributed by atoms with van der Waals surface area (Å²) in [6, 6.07) is -0.565. The Balaban J connectivity index is 4.27. The van der Waals surface area contributed by atoms with E-state index in [2.05, 4.69) is 10.9 Å². The zero-order valence-electron chi connectivity index (χ0n) is 8.53. The van der Waals surface area contributed by atoms with Gasteiger partial charge in [0.05, 0.1) is 6.62 Å². The number of rotatable bonds is 5. The minimum Gasteiger partial charge on any atom is -0.268 e. The van der Waals surface area contributed by atoms with Gasteiger partial charge < -0.3 is 0 Å². The van der Waals surface area contributed by atoms with Gasteiger partial charge in [-0.25, -0.2) is 5.48 Å². The van der Waals surface area contributed by atoms with Crippen LogP contribution in [0.5, 0.6) is 0 Å². The van der Waals surface area contributed by atoms with Crippen molar-refractivity contribution in [3.05, 3.63) is 12.6 Å². The summed E-state index contributed by atoms with van der Waals surface area (Å²) in [7, 11) is -3.80. The van der Waals surface area contributed by atoms with Gasteiger partial charge in [-0.3, -0.25) is 4.79 Å². The molecule has 0 radical (unpaired) electrons. The van der Waals surface area contributed by atoms with E-state index in [1.807, 2.05) is 0 Å². The highest BCUT2D eigenvalue weighted by Gasteiger charge is 2.20. The van der Waals surface area contributed by atoms with Crippen LogP contribution in [0, 0.1) is 0 Å². The van der Waals surface area contributed by atoms with Crippen molar-refractivity contribution in [1.82, 2.24) is 5.48 Å². The van der Waals surface area contributed by atoms with E-state index in [4.69, 9.17) is 1.37 Å². The van der Waals surface area contributed by atoms with Gasteiger partial charge in [0, 0.05) is 0 Å². The number of hydroxylamine groups is 1. The molecule has 0 rings (SSSR count). The van der Waals surface area contributed by atoms with Gasteiger partial charge in [-0.2, -0.15) is 8.42 Å². The molecule has 1 atom stereocenters. The van der Waals surface area contributed by atoms with E-state index in [1.54, 1.807) is 12.4 Å². The summed E-state index contributed by atoms with van der Waals surface area (Å²) >= 11 is 0. The lowest BCUT2D eigenvalue weighted by molar-refractivity contribution is -0.122. The number of amides is 1. The first-order valence-electron chi connectivity index (χ1n) is 4.19. The maximum absolute atomic E-state index is 11.2. The Morgan fingerprint density at radius 1 is 1.85 bits per heavy atom.